The number of nitrogens with zero attached hydrogens (tertiary/aromatic N) is 2. The molecule has 0 unspecified atom stereocenters. The highest BCUT2D eigenvalue weighted by Crippen LogP contribution is 2.21. The summed E-state index contributed by atoms with van der Waals surface area (Å²) < 4.78 is 1.57. The number of hydrogen-bond acceptors (Lipinski definition) is 4. The van der Waals surface area contributed by atoms with Gasteiger partial charge < -0.3 is 5.32 Å². The molecule has 1 N–H and O–H groups in total. The van der Waals surface area contributed by atoms with Crippen molar-refractivity contribution in [3.8, 4) is 5.69 Å². The van der Waals surface area contributed by atoms with Gasteiger partial charge in [-0.3, -0.25) is 14.2 Å². The summed E-state index contributed by atoms with van der Waals surface area (Å²) in [6, 6.07) is 16.7. The second kappa shape index (κ2) is 7.53. The SMILES string of the molecule is CC(C)NC(=O)CSc1nc2ccccc2c(=O)n1-c1ccccc1. The molecule has 0 bridgehead atoms. The van der Waals surface area contributed by atoms with Crippen molar-refractivity contribution in [2.75, 3.05) is 5.75 Å². The number of amides is 1. The molecule has 1 amide bonds. The Morgan fingerprint density at radius 3 is 2.52 bits per heavy atom. The number of carbonyl (C=O) groups excluding carboxylic acids is 1. The summed E-state index contributed by atoms with van der Waals surface area (Å²) in [5.41, 5.74) is 1.23. The van der Waals surface area contributed by atoms with Crippen molar-refractivity contribution in [2.45, 2.75) is 25.0 Å². The zero-order chi connectivity index (χ0) is 17.8. The molecule has 0 spiro atoms. The van der Waals surface area contributed by atoms with Crippen LogP contribution in [0.2, 0.25) is 0 Å². The van der Waals surface area contributed by atoms with Gasteiger partial charge in [0.15, 0.2) is 5.16 Å². The van der Waals surface area contributed by atoms with Crippen molar-refractivity contribution in [3.05, 3.63) is 65.0 Å². The van der Waals surface area contributed by atoms with Crippen molar-refractivity contribution >= 4 is 28.6 Å². The molecule has 5 nitrogen and oxygen atoms in total. The van der Waals surface area contributed by atoms with Gasteiger partial charge in [-0.1, -0.05) is 42.1 Å². The summed E-state index contributed by atoms with van der Waals surface area (Å²) in [5.74, 6) is 0.123. The van der Waals surface area contributed by atoms with Crippen molar-refractivity contribution in [3.63, 3.8) is 0 Å². The molecule has 0 aliphatic carbocycles. The van der Waals surface area contributed by atoms with E-state index in [1.165, 1.54) is 11.8 Å². The van der Waals surface area contributed by atoms with Crippen molar-refractivity contribution in [2.24, 2.45) is 0 Å². The Morgan fingerprint density at radius 2 is 1.80 bits per heavy atom. The van der Waals surface area contributed by atoms with Crippen LogP contribution < -0.4 is 10.9 Å². The average Bonchev–Trinajstić information content (AvgIpc) is 2.60. The first-order valence-corrected chi connectivity index (χ1v) is 9.04. The normalized spacial score (nSPS) is 11.0. The zero-order valence-corrected chi connectivity index (χ0v) is 14.9. The molecule has 0 aliphatic heterocycles. The van der Waals surface area contributed by atoms with Gasteiger partial charge in [0.05, 0.1) is 22.3 Å². The minimum atomic E-state index is -0.136. The summed E-state index contributed by atoms with van der Waals surface area (Å²) in [4.78, 5) is 29.6. The van der Waals surface area contributed by atoms with Crippen LogP contribution in [0.4, 0.5) is 0 Å². The number of benzene rings is 2. The summed E-state index contributed by atoms with van der Waals surface area (Å²) in [7, 11) is 0. The molecule has 3 aromatic rings. The summed E-state index contributed by atoms with van der Waals surface area (Å²) >= 11 is 1.26. The highest BCUT2D eigenvalue weighted by Gasteiger charge is 2.14. The van der Waals surface area contributed by atoms with Crippen LogP contribution in [0.3, 0.4) is 0 Å². The van der Waals surface area contributed by atoms with Gasteiger partial charge in [0.1, 0.15) is 0 Å². The Bertz CT molecular complexity index is 952. The smallest absolute Gasteiger partial charge is 0.266 e. The third-order valence-electron chi connectivity index (χ3n) is 3.54. The maximum Gasteiger partial charge on any atom is 0.266 e. The van der Waals surface area contributed by atoms with Crippen LogP contribution in [0.1, 0.15) is 13.8 Å². The van der Waals surface area contributed by atoms with E-state index in [1.54, 1.807) is 10.6 Å². The van der Waals surface area contributed by atoms with Gasteiger partial charge in [-0.05, 0) is 38.1 Å². The number of aromatic nitrogens is 2. The van der Waals surface area contributed by atoms with Gasteiger partial charge in [0.25, 0.3) is 5.56 Å². The average molecular weight is 353 g/mol. The van der Waals surface area contributed by atoms with Crippen LogP contribution in [0.15, 0.2) is 64.5 Å². The lowest BCUT2D eigenvalue weighted by Crippen LogP contribution is -2.32. The molecule has 0 saturated carbocycles. The molecular weight excluding hydrogens is 334 g/mol. The third kappa shape index (κ3) is 3.91. The second-order valence-corrected chi connectivity index (χ2v) is 6.84. The van der Waals surface area contributed by atoms with Gasteiger partial charge in [-0.15, -0.1) is 0 Å². The van der Waals surface area contributed by atoms with E-state index in [9.17, 15) is 9.59 Å². The topological polar surface area (TPSA) is 64.0 Å². The number of hydrogen-bond donors (Lipinski definition) is 1. The lowest BCUT2D eigenvalue weighted by molar-refractivity contribution is -0.119. The number of thioether (sulfide) groups is 1. The first-order valence-electron chi connectivity index (χ1n) is 8.05. The summed E-state index contributed by atoms with van der Waals surface area (Å²) in [5, 5.41) is 3.91. The molecule has 0 radical (unpaired) electrons. The van der Waals surface area contributed by atoms with Gasteiger partial charge in [-0.25, -0.2) is 4.98 Å². The molecule has 0 fully saturated rings. The molecule has 0 aliphatic rings. The van der Waals surface area contributed by atoms with Crippen LogP contribution >= 0.6 is 11.8 Å². The fraction of sp³-hybridized carbons (Fsp3) is 0.211. The van der Waals surface area contributed by atoms with E-state index in [4.69, 9.17) is 0 Å². The van der Waals surface area contributed by atoms with E-state index >= 15 is 0 Å². The lowest BCUT2D eigenvalue weighted by atomic mass is 10.2. The molecule has 0 saturated heterocycles. The Balaban J connectivity index is 2.06. The molecular formula is C19H19N3O2S. The minimum Gasteiger partial charge on any atom is -0.353 e. The van der Waals surface area contributed by atoms with Crippen LogP contribution in [0, 0.1) is 0 Å². The highest BCUT2D eigenvalue weighted by molar-refractivity contribution is 7.99. The van der Waals surface area contributed by atoms with Gasteiger partial charge in [0, 0.05) is 6.04 Å². The van der Waals surface area contributed by atoms with Crippen LogP contribution in [-0.2, 0) is 4.79 Å². The van der Waals surface area contributed by atoms with Gasteiger partial charge >= 0.3 is 0 Å². The number of fused-ring (bicyclic) bond motifs is 1. The molecule has 6 heteroatoms. The Kier molecular flexibility index (Phi) is 5.19. The zero-order valence-electron chi connectivity index (χ0n) is 14.1. The fourth-order valence-electron chi connectivity index (χ4n) is 2.51. The van der Waals surface area contributed by atoms with Crippen molar-refractivity contribution < 1.29 is 4.79 Å². The molecule has 1 heterocycles. The van der Waals surface area contributed by atoms with Gasteiger partial charge in [-0.2, -0.15) is 0 Å². The number of carbonyl (C=O) groups is 1. The maximum atomic E-state index is 13.0. The quantitative estimate of drug-likeness (QED) is 0.566. The third-order valence-corrected chi connectivity index (χ3v) is 4.48. The van der Waals surface area contributed by atoms with E-state index in [0.717, 1.165) is 5.69 Å². The van der Waals surface area contributed by atoms with E-state index < -0.39 is 0 Å². The molecule has 128 valence electrons. The molecule has 2 aromatic carbocycles. The first kappa shape index (κ1) is 17.2. The Hall–Kier alpha value is -2.60. The fourth-order valence-corrected chi connectivity index (χ4v) is 3.33. The van der Waals surface area contributed by atoms with Gasteiger partial charge in [0.2, 0.25) is 5.91 Å². The molecule has 1 aromatic heterocycles. The minimum absolute atomic E-state index is 0.0778. The Labute approximate surface area is 150 Å². The monoisotopic (exact) mass is 353 g/mol. The van der Waals surface area contributed by atoms with Crippen molar-refractivity contribution in [1.82, 2.24) is 14.9 Å². The lowest BCUT2D eigenvalue weighted by Gasteiger charge is -2.13. The predicted octanol–water partition coefficient (Wildman–Crippen LogP) is 3.00. The molecule has 0 atom stereocenters. The van der Waals surface area contributed by atoms with E-state index in [1.807, 2.05) is 62.4 Å². The van der Waals surface area contributed by atoms with Crippen molar-refractivity contribution in [1.29, 1.82) is 0 Å². The predicted molar refractivity (Wildman–Crippen MR) is 101 cm³/mol. The second-order valence-electron chi connectivity index (χ2n) is 5.90. The van der Waals surface area contributed by atoms with Crippen LogP contribution in [-0.4, -0.2) is 27.3 Å². The number of para-hydroxylation sites is 2. The number of nitrogens with one attached hydrogen (secondary N) is 1. The van der Waals surface area contributed by atoms with E-state index in [-0.39, 0.29) is 23.3 Å². The van der Waals surface area contributed by atoms with E-state index in [2.05, 4.69) is 10.3 Å². The number of rotatable bonds is 5. The summed E-state index contributed by atoms with van der Waals surface area (Å²) in [6.45, 7) is 3.83. The molecule has 25 heavy (non-hydrogen) atoms. The Morgan fingerprint density at radius 1 is 1.12 bits per heavy atom. The summed E-state index contributed by atoms with van der Waals surface area (Å²) in [6.07, 6.45) is 0. The van der Waals surface area contributed by atoms with Crippen LogP contribution in [0.5, 0.6) is 0 Å². The molecule has 3 rings (SSSR count). The largest absolute Gasteiger partial charge is 0.353 e. The van der Waals surface area contributed by atoms with E-state index in [0.29, 0.717) is 16.1 Å². The first-order chi connectivity index (χ1) is 12.1. The van der Waals surface area contributed by atoms with Crippen LogP contribution in [0.25, 0.3) is 16.6 Å². The highest BCUT2D eigenvalue weighted by atomic mass is 32.2. The standard InChI is InChI=1S/C19H19N3O2S/c1-13(2)20-17(23)12-25-19-21-16-11-7-6-10-15(16)18(24)22(19)14-8-4-3-5-9-14/h3-11,13H,12H2,1-2H3,(H,20,23). The maximum absolute atomic E-state index is 13.0.